The molecule has 0 saturated heterocycles. The van der Waals surface area contributed by atoms with Crippen LogP contribution in [0.4, 0.5) is 0 Å². The Labute approximate surface area is 59.9 Å². The summed E-state index contributed by atoms with van der Waals surface area (Å²) in [4.78, 5) is 2.10. The summed E-state index contributed by atoms with van der Waals surface area (Å²) < 4.78 is 5.06. The zero-order chi connectivity index (χ0) is 6.85. The van der Waals surface area contributed by atoms with Gasteiger partial charge in [-0.2, -0.15) is 0 Å². The Kier molecular flexibility index (Phi) is 1.90. The molecule has 1 aliphatic rings. The highest BCUT2D eigenvalue weighted by Gasteiger charge is 2.18. The molecule has 0 spiro atoms. The van der Waals surface area contributed by atoms with Gasteiger partial charge >= 0.3 is 0 Å². The van der Waals surface area contributed by atoms with Gasteiger partial charge in [-0.1, -0.05) is 0 Å². The summed E-state index contributed by atoms with van der Waals surface area (Å²) in [6.07, 6.45) is 0. The topological polar surface area (TPSA) is 12.5 Å². The van der Waals surface area contributed by atoms with E-state index in [1.54, 1.807) is 18.9 Å². The number of hydrogen-bond acceptors (Lipinski definition) is 3. The van der Waals surface area contributed by atoms with Gasteiger partial charge < -0.3 is 9.64 Å². The molecule has 1 atom stereocenters. The van der Waals surface area contributed by atoms with Crippen LogP contribution in [-0.4, -0.2) is 24.4 Å². The predicted octanol–water partition coefficient (Wildman–Crippen LogP) is 1.46. The third-order valence-electron chi connectivity index (χ3n) is 1.47. The van der Waals surface area contributed by atoms with Crippen molar-refractivity contribution in [3.8, 4) is 0 Å². The van der Waals surface area contributed by atoms with E-state index in [1.165, 1.54) is 0 Å². The summed E-state index contributed by atoms with van der Waals surface area (Å²) in [5.41, 5.74) is 0. The van der Waals surface area contributed by atoms with Crippen molar-refractivity contribution in [3.05, 3.63) is 11.3 Å². The minimum absolute atomic E-state index is 0.528. The Bertz CT molecular complexity index is 135. The van der Waals surface area contributed by atoms with Crippen molar-refractivity contribution in [1.82, 2.24) is 4.90 Å². The summed E-state index contributed by atoms with van der Waals surface area (Å²) in [6.45, 7) is 2.15. The van der Waals surface area contributed by atoms with E-state index in [1.807, 2.05) is 12.5 Å². The molecule has 1 aliphatic heterocycles. The lowest BCUT2D eigenvalue weighted by Crippen LogP contribution is -2.21. The maximum Gasteiger partial charge on any atom is 0.196 e. The smallest absolute Gasteiger partial charge is 0.196 e. The average molecular weight is 145 g/mol. The number of methoxy groups -OCH3 is 1. The largest absolute Gasteiger partial charge is 0.482 e. The third-order valence-corrected chi connectivity index (χ3v) is 2.52. The molecular weight excluding hydrogens is 134 g/mol. The first kappa shape index (κ1) is 6.81. The zero-order valence-corrected chi connectivity index (χ0v) is 6.73. The first-order valence-corrected chi connectivity index (χ1v) is 3.82. The predicted molar refractivity (Wildman–Crippen MR) is 39.9 cm³/mol. The number of rotatable bonds is 1. The lowest BCUT2D eigenvalue weighted by atomic mass is 10.6. The minimum atomic E-state index is 0.528. The lowest BCUT2D eigenvalue weighted by molar-refractivity contribution is 0.177. The van der Waals surface area contributed by atoms with Crippen LogP contribution < -0.4 is 0 Å². The van der Waals surface area contributed by atoms with E-state index in [-0.39, 0.29) is 0 Å². The van der Waals surface area contributed by atoms with E-state index in [0.717, 1.165) is 5.88 Å². The van der Waals surface area contributed by atoms with Gasteiger partial charge in [0.1, 0.15) is 0 Å². The van der Waals surface area contributed by atoms with E-state index in [0.29, 0.717) is 5.37 Å². The van der Waals surface area contributed by atoms with Crippen LogP contribution in [0.1, 0.15) is 6.92 Å². The SMILES string of the molecule is COC1=CSC(C)N1C. The van der Waals surface area contributed by atoms with Crippen LogP contribution in [0.25, 0.3) is 0 Å². The Morgan fingerprint density at radius 1 is 1.78 bits per heavy atom. The monoisotopic (exact) mass is 145 g/mol. The molecule has 3 heteroatoms. The van der Waals surface area contributed by atoms with Crippen LogP contribution in [0.2, 0.25) is 0 Å². The molecule has 1 unspecified atom stereocenters. The van der Waals surface area contributed by atoms with Gasteiger partial charge in [-0.25, -0.2) is 0 Å². The maximum absolute atomic E-state index is 5.06. The highest BCUT2D eigenvalue weighted by atomic mass is 32.2. The van der Waals surface area contributed by atoms with Gasteiger partial charge in [0.15, 0.2) is 5.88 Å². The normalized spacial score (nSPS) is 26.3. The van der Waals surface area contributed by atoms with Crippen molar-refractivity contribution in [3.63, 3.8) is 0 Å². The van der Waals surface area contributed by atoms with Gasteiger partial charge in [0, 0.05) is 12.5 Å². The molecule has 0 N–H and O–H groups in total. The third kappa shape index (κ3) is 1.15. The molecule has 1 heterocycles. The van der Waals surface area contributed by atoms with Crippen LogP contribution in [0.3, 0.4) is 0 Å². The molecule has 2 nitrogen and oxygen atoms in total. The average Bonchev–Trinajstić information content (AvgIpc) is 2.15. The maximum atomic E-state index is 5.06. The molecule has 0 bridgehead atoms. The second-order valence-corrected chi connectivity index (χ2v) is 3.20. The second kappa shape index (κ2) is 2.52. The van der Waals surface area contributed by atoms with Gasteiger partial charge in [0.2, 0.25) is 0 Å². The van der Waals surface area contributed by atoms with Gasteiger partial charge in [0.05, 0.1) is 12.5 Å². The standard InChI is InChI=1S/C6H11NOS/c1-5-7(2)6(8-3)4-9-5/h4-5H,1-3H3. The minimum Gasteiger partial charge on any atom is -0.482 e. The van der Waals surface area contributed by atoms with Crippen molar-refractivity contribution in [2.75, 3.05) is 14.2 Å². The molecule has 0 radical (unpaired) electrons. The van der Waals surface area contributed by atoms with Crippen LogP contribution >= 0.6 is 11.8 Å². The molecule has 0 aromatic carbocycles. The molecule has 1 rings (SSSR count). The van der Waals surface area contributed by atoms with Gasteiger partial charge in [-0.3, -0.25) is 0 Å². The van der Waals surface area contributed by atoms with Crippen molar-refractivity contribution in [1.29, 1.82) is 0 Å². The van der Waals surface area contributed by atoms with Gasteiger partial charge in [-0.15, -0.1) is 11.8 Å². The fourth-order valence-corrected chi connectivity index (χ4v) is 1.56. The van der Waals surface area contributed by atoms with Gasteiger partial charge in [0.25, 0.3) is 0 Å². The molecule has 9 heavy (non-hydrogen) atoms. The van der Waals surface area contributed by atoms with Crippen LogP contribution in [0, 0.1) is 0 Å². The van der Waals surface area contributed by atoms with Crippen LogP contribution in [0.15, 0.2) is 11.3 Å². The number of thioether (sulfide) groups is 1. The molecule has 0 amide bonds. The van der Waals surface area contributed by atoms with E-state index >= 15 is 0 Å². The molecule has 0 aromatic rings. The summed E-state index contributed by atoms with van der Waals surface area (Å²) in [5.74, 6) is 0.965. The van der Waals surface area contributed by atoms with E-state index in [9.17, 15) is 0 Å². The summed E-state index contributed by atoms with van der Waals surface area (Å²) in [6, 6.07) is 0. The van der Waals surface area contributed by atoms with E-state index in [2.05, 4.69) is 11.8 Å². The summed E-state index contributed by atoms with van der Waals surface area (Å²) in [7, 11) is 3.72. The number of ether oxygens (including phenoxy) is 1. The fraction of sp³-hybridized carbons (Fsp3) is 0.667. The Morgan fingerprint density at radius 2 is 2.44 bits per heavy atom. The summed E-state index contributed by atoms with van der Waals surface area (Å²) in [5, 5.41) is 2.56. The molecule has 0 aliphatic carbocycles. The highest BCUT2D eigenvalue weighted by molar-refractivity contribution is 8.02. The Hall–Kier alpha value is -0.310. The highest BCUT2D eigenvalue weighted by Crippen LogP contribution is 2.28. The van der Waals surface area contributed by atoms with E-state index < -0.39 is 0 Å². The van der Waals surface area contributed by atoms with Crippen LogP contribution in [0.5, 0.6) is 0 Å². The summed E-state index contributed by atoms with van der Waals surface area (Å²) >= 11 is 1.78. The van der Waals surface area contributed by atoms with Crippen molar-refractivity contribution >= 4 is 11.8 Å². The zero-order valence-electron chi connectivity index (χ0n) is 5.92. The lowest BCUT2D eigenvalue weighted by Gasteiger charge is -2.18. The first-order valence-electron chi connectivity index (χ1n) is 2.88. The Balaban J connectivity index is 2.55. The Morgan fingerprint density at radius 3 is 2.67 bits per heavy atom. The van der Waals surface area contributed by atoms with Crippen molar-refractivity contribution in [2.24, 2.45) is 0 Å². The van der Waals surface area contributed by atoms with E-state index in [4.69, 9.17) is 4.74 Å². The fourth-order valence-electron chi connectivity index (χ4n) is 0.702. The van der Waals surface area contributed by atoms with Crippen LogP contribution in [-0.2, 0) is 4.74 Å². The molecule has 52 valence electrons. The number of hydrogen-bond donors (Lipinski definition) is 0. The van der Waals surface area contributed by atoms with Crippen molar-refractivity contribution in [2.45, 2.75) is 12.3 Å². The molecular formula is C6H11NOS. The molecule has 0 aromatic heterocycles. The molecule has 0 fully saturated rings. The first-order chi connectivity index (χ1) is 4.25. The second-order valence-electron chi connectivity index (χ2n) is 2.01. The van der Waals surface area contributed by atoms with Crippen molar-refractivity contribution < 1.29 is 4.74 Å². The quantitative estimate of drug-likeness (QED) is 0.554. The number of nitrogens with zero attached hydrogens (tertiary/aromatic N) is 1. The van der Waals surface area contributed by atoms with Gasteiger partial charge in [-0.05, 0) is 6.92 Å². The molecule has 0 saturated carbocycles.